The molecular formula is C17H30N4O. The summed E-state index contributed by atoms with van der Waals surface area (Å²) in [6, 6.07) is 1.88. The number of carbonyl (C=O) groups is 1. The fourth-order valence-corrected chi connectivity index (χ4v) is 3.91. The summed E-state index contributed by atoms with van der Waals surface area (Å²) in [4.78, 5) is 14.7. The molecule has 3 N–H and O–H groups in total. The van der Waals surface area contributed by atoms with E-state index in [2.05, 4.69) is 23.3 Å². The van der Waals surface area contributed by atoms with Gasteiger partial charge in [0.25, 0.3) is 0 Å². The number of hydrogen-bond donors (Lipinski definition) is 2. The van der Waals surface area contributed by atoms with E-state index in [4.69, 9.17) is 5.73 Å². The molecule has 2 aliphatic rings. The Morgan fingerprint density at radius 3 is 2.73 bits per heavy atom. The standard InChI is InChI=1S/C17H30N4O/c1-13-11-21(2)9-8-17(13,12-18)20-16(22)15(19)10-14-6-4-3-5-7-14/h13-15H,3-11,19H2,1-2H3,(H,20,22). The maximum atomic E-state index is 12.5. The molecule has 1 heterocycles. The van der Waals surface area contributed by atoms with E-state index >= 15 is 0 Å². The lowest BCUT2D eigenvalue weighted by molar-refractivity contribution is -0.125. The summed E-state index contributed by atoms with van der Waals surface area (Å²) in [6.45, 7) is 3.69. The second-order valence-electron chi connectivity index (χ2n) is 7.33. The summed E-state index contributed by atoms with van der Waals surface area (Å²) in [7, 11) is 2.05. The first-order chi connectivity index (χ1) is 10.5. The van der Waals surface area contributed by atoms with E-state index in [1.165, 1.54) is 32.1 Å². The molecule has 1 aliphatic carbocycles. The minimum Gasteiger partial charge on any atom is -0.336 e. The van der Waals surface area contributed by atoms with Crippen molar-refractivity contribution in [3.63, 3.8) is 0 Å². The molecule has 0 aromatic carbocycles. The highest BCUT2D eigenvalue weighted by Crippen LogP contribution is 2.29. The van der Waals surface area contributed by atoms with Crippen molar-refractivity contribution in [3.8, 4) is 6.07 Å². The average molecular weight is 306 g/mol. The first kappa shape index (κ1) is 17.2. The van der Waals surface area contributed by atoms with Crippen LogP contribution in [0.1, 0.15) is 51.9 Å². The molecule has 1 aliphatic heterocycles. The number of nitrogens with one attached hydrogen (secondary N) is 1. The molecule has 5 heteroatoms. The molecule has 5 nitrogen and oxygen atoms in total. The van der Waals surface area contributed by atoms with Crippen LogP contribution in [0.3, 0.4) is 0 Å². The van der Waals surface area contributed by atoms with E-state index < -0.39 is 11.6 Å². The van der Waals surface area contributed by atoms with E-state index in [1.807, 2.05) is 6.92 Å². The molecule has 124 valence electrons. The fraction of sp³-hybridized carbons (Fsp3) is 0.882. The largest absolute Gasteiger partial charge is 0.336 e. The maximum Gasteiger partial charge on any atom is 0.238 e. The van der Waals surface area contributed by atoms with Crippen molar-refractivity contribution in [3.05, 3.63) is 0 Å². The monoisotopic (exact) mass is 306 g/mol. The van der Waals surface area contributed by atoms with Crippen molar-refractivity contribution in [1.82, 2.24) is 10.2 Å². The Labute approximate surface area is 134 Å². The number of hydrogen-bond acceptors (Lipinski definition) is 4. The average Bonchev–Trinajstić information content (AvgIpc) is 2.51. The lowest BCUT2D eigenvalue weighted by Gasteiger charge is -2.42. The Balaban J connectivity index is 1.92. The third-order valence-corrected chi connectivity index (χ3v) is 5.51. The molecule has 1 saturated heterocycles. The number of piperidine rings is 1. The number of nitrogens with zero attached hydrogens (tertiary/aromatic N) is 2. The first-order valence-electron chi connectivity index (χ1n) is 8.64. The van der Waals surface area contributed by atoms with Crippen LogP contribution in [-0.2, 0) is 4.79 Å². The number of rotatable bonds is 4. The third kappa shape index (κ3) is 3.99. The molecule has 3 unspecified atom stereocenters. The van der Waals surface area contributed by atoms with Crippen LogP contribution >= 0.6 is 0 Å². The van der Waals surface area contributed by atoms with Crippen LogP contribution in [0.2, 0.25) is 0 Å². The third-order valence-electron chi connectivity index (χ3n) is 5.51. The number of likely N-dealkylation sites (tertiary alicyclic amines) is 1. The van der Waals surface area contributed by atoms with Gasteiger partial charge < -0.3 is 16.0 Å². The zero-order chi connectivity index (χ0) is 16.2. The zero-order valence-corrected chi connectivity index (χ0v) is 14.0. The van der Waals surface area contributed by atoms with Gasteiger partial charge in [-0.05, 0) is 25.8 Å². The van der Waals surface area contributed by atoms with E-state index in [9.17, 15) is 10.1 Å². The van der Waals surface area contributed by atoms with Crippen LogP contribution in [0.5, 0.6) is 0 Å². The molecule has 0 spiro atoms. The van der Waals surface area contributed by atoms with Gasteiger partial charge in [0.1, 0.15) is 5.54 Å². The molecule has 0 aromatic rings. The van der Waals surface area contributed by atoms with E-state index in [0.717, 1.165) is 19.5 Å². The maximum absolute atomic E-state index is 12.5. The lowest BCUT2D eigenvalue weighted by Crippen LogP contribution is -2.61. The Bertz CT molecular complexity index is 427. The van der Waals surface area contributed by atoms with Crippen molar-refractivity contribution >= 4 is 5.91 Å². The number of carbonyl (C=O) groups excluding carboxylic acids is 1. The van der Waals surface area contributed by atoms with Crippen LogP contribution in [0.4, 0.5) is 0 Å². The summed E-state index contributed by atoms with van der Waals surface area (Å²) < 4.78 is 0. The predicted molar refractivity (Wildman–Crippen MR) is 86.9 cm³/mol. The van der Waals surface area contributed by atoms with Gasteiger partial charge in [-0.3, -0.25) is 4.79 Å². The van der Waals surface area contributed by atoms with Gasteiger partial charge in [-0.15, -0.1) is 0 Å². The van der Waals surface area contributed by atoms with Gasteiger partial charge in [0.05, 0.1) is 12.1 Å². The minimum absolute atomic E-state index is 0.113. The van der Waals surface area contributed by atoms with Crippen LogP contribution in [0, 0.1) is 23.2 Å². The Morgan fingerprint density at radius 1 is 1.45 bits per heavy atom. The molecule has 22 heavy (non-hydrogen) atoms. The fourth-order valence-electron chi connectivity index (χ4n) is 3.91. The molecule has 3 atom stereocenters. The predicted octanol–water partition coefficient (Wildman–Crippen LogP) is 1.63. The smallest absolute Gasteiger partial charge is 0.238 e. The molecule has 1 amide bonds. The Morgan fingerprint density at radius 2 is 2.14 bits per heavy atom. The summed E-state index contributed by atoms with van der Waals surface area (Å²) >= 11 is 0. The van der Waals surface area contributed by atoms with E-state index in [-0.39, 0.29) is 11.8 Å². The summed E-state index contributed by atoms with van der Waals surface area (Å²) in [5.41, 5.74) is 5.36. The summed E-state index contributed by atoms with van der Waals surface area (Å²) in [5.74, 6) is 0.535. The van der Waals surface area contributed by atoms with Gasteiger partial charge >= 0.3 is 0 Å². The second-order valence-corrected chi connectivity index (χ2v) is 7.33. The normalized spacial score (nSPS) is 32.2. The Kier molecular flexibility index (Phi) is 5.82. The van der Waals surface area contributed by atoms with Crippen molar-refractivity contribution < 1.29 is 4.79 Å². The van der Waals surface area contributed by atoms with Crippen LogP contribution in [0.15, 0.2) is 0 Å². The van der Waals surface area contributed by atoms with Crippen molar-refractivity contribution in [2.75, 3.05) is 20.1 Å². The SMILES string of the molecule is CC1CN(C)CCC1(C#N)NC(=O)C(N)CC1CCCCC1. The van der Waals surface area contributed by atoms with Gasteiger partial charge in [0, 0.05) is 19.0 Å². The second kappa shape index (κ2) is 7.43. The molecule has 0 bridgehead atoms. The van der Waals surface area contributed by atoms with E-state index in [1.54, 1.807) is 0 Å². The van der Waals surface area contributed by atoms with Gasteiger partial charge in [-0.1, -0.05) is 39.0 Å². The topological polar surface area (TPSA) is 82.2 Å². The first-order valence-corrected chi connectivity index (χ1v) is 8.64. The van der Waals surface area contributed by atoms with Gasteiger partial charge in [0.2, 0.25) is 5.91 Å². The highest BCUT2D eigenvalue weighted by Gasteiger charge is 2.42. The molecule has 2 fully saturated rings. The quantitative estimate of drug-likeness (QED) is 0.827. The summed E-state index contributed by atoms with van der Waals surface area (Å²) in [5, 5.41) is 12.6. The number of nitriles is 1. The van der Waals surface area contributed by atoms with Crippen LogP contribution in [-0.4, -0.2) is 42.5 Å². The Hall–Kier alpha value is -1.12. The summed E-state index contributed by atoms with van der Waals surface area (Å²) in [6.07, 6.45) is 7.61. The molecular weight excluding hydrogens is 276 g/mol. The highest BCUT2D eigenvalue weighted by atomic mass is 16.2. The van der Waals surface area contributed by atoms with Gasteiger partial charge in [-0.25, -0.2) is 0 Å². The van der Waals surface area contributed by atoms with Crippen LogP contribution in [0.25, 0.3) is 0 Å². The van der Waals surface area contributed by atoms with Gasteiger partial charge in [0.15, 0.2) is 0 Å². The lowest BCUT2D eigenvalue weighted by atomic mass is 9.79. The van der Waals surface area contributed by atoms with Crippen LogP contribution < -0.4 is 11.1 Å². The van der Waals surface area contributed by atoms with Gasteiger partial charge in [-0.2, -0.15) is 5.26 Å². The van der Waals surface area contributed by atoms with E-state index in [0.29, 0.717) is 12.3 Å². The van der Waals surface area contributed by atoms with Crippen molar-refractivity contribution in [1.29, 1.82) is 5.26 Å². The number of nitrogens with two attached hydrogens (primary N) is 1. The molecule has 0 aromatic heterocycles. The highest BCUT2D eigenvalue weighted by molar-refractivity contribution is 5.82. The molecule has 1 saturated carbocycles. The van der Waals surface area contributed by atoms with Crippen molar-refractivity contribution in [2.24, 2.45) is 17.6 Å². The minimum atomic E-state index is -0.756. The number of amides is 1. The molecule has 2 rings (SSSR count). The van der Waals surface area contributed by atoms with Crippen molar-refractivity contribution in [2.45, 2.75) is 63.5 Å². The molecule has 0 radical (unpaired) electrons. The zero-order valence-electron chi connectivity index (χ0n) is 14.0.